The average molecular weight is 347 g/mol. The van der Waals surface area contributed by atoms with Crippen LogP contribution in [0.3, 0.4) is 0 Å². The number of thiocarbonyl (C=S) groups is 1. The zero-order valence-corrected chi connectivity index (χ0v) is 14.0. The summed E-state index contributed by atoms with van der Waals surface area (Å²) in [5.41, 5.74) is 0.381. The summed E-state index contributed by atoms with van der Waals surface area (Å²) >= 11 is 8.47. The molecule has 19 heavy (non-hydrogen) atoms. The summed E-state index contributed by atoms with van der Waals surface area (Å²) in [6.45, 7) is 8.56. The zero-order chi connectivity index (χ0) is 14.6. The first-order valence-electron chi connectivity index (χ1n) is 6.33. The summed E-state index contributed by atoms with van der Waals surface area (Å²) < 4.78 is 14.4. The van der Waals surface area contributed by atoms with E-state index >= 15 is 0 Å². The predicted octanol–water partition coefficient (Wildman–Crippen LogP) is 4.56. The highest BCUT2D eigenvalue weighted by Crippen LogP contribution is 2.19. The van der Waals surface area contributed by atoms with Crippen molar-refractivity contribution in [2.24, 2.45) is 11.8 Å². The lowest BCUT2D eigenvalue weighted by atomic mass is 9.93. The molecular formula is C14H20BrFN2S. The highest BCUT2D eigenvalue weighted by atomic mass is 79.9. The maximum absolute atomic E-state index is 13.7. The van der Waals surface area contributed by atoms with Crippen LogP contribution in [-0.2, 0) is 0 Å². The summed E-state index contributed by atoms with van der Waals surface area (Å²) in [7, 11) is 0. The molecule has 1 aromatic carbocycles. The highest BCUT2D eigenvalue weighted by molar-refractivity contribution is 9.10. The smallest absolute Gasteiger partial charge is 0.171 e. The van der Waals surface area contributed by atoms with Crippen molar-refractivity contribution < 1.29 is 4.39 Å². The molecule has 0 bridgehead atoms. The molecule has 0 saturated heterocycles. The van der Waals surface area contributed by atoms with E-state index in [1.807, 2.05) is 0 Å². The topological polar surface area (TPSA) is 24.1 Å². The Labute approximate surface area is 128 Å². The van der Waals surface area contributed by atoms with Crippen molar-refractivity contribution in [3.63, 3.8) is 0 Å². The lowest BCUT2D eigenvalue weighted by Crippen LogP contribution is -2.44. The quantitative estimate of drug-likeness (QED) is 0.781. The van der Waals surface area contributed by atoms with Crippen LogP contribution >= 0.6 is 28.1 Å². The van der Waals surface area contributed by atoms with Crippen LogP contribution in [0.5, 0.6) is 0 Å². The molecule has 106 valence electrons. The minimum Gasteiger partial charge on any atom is -0.359 e. The lowest BCUT2D eigenvalue weighted by molar-refractivity contribution is 0.356. The van der Waals surface area contributed by atoms with E-state index in [1.165, 1.54) is 6.07 Å². The minimum absolute atomic E-state index is 0.263. The molecule has 0 radical (unpaired) electrons. The fraction of sp³-hybridized carbons (Fsp3) is 0.500. The molecule has 1 aromatic rings. The second kappa shape index (κ2) is 7.20. The van der Waals surface area contributed by atoms with Crippen LogP contribution in [0.15, 0.2) is 22.7 Å². The standard InChI is InChI=1S/C14H20BrFN2S/c1-8(2)13(9(3)4)18-14(19)17-12-6-5-10(15)7-11(12)16/h5-9,13H,1-4H3,(H2,17,18,19). The van der Waals surface area contributed by atoms with Gasteiger partial charge in [0.25, 0.3) is 0 Å². The Hall–Kier alpha value is -0.680. The maximum Gasteiger partial charge on any atom is 0.171 e. The number of hydrogen-bond acceptors (Lipinski definition) is 1. The monoisotopic (exact) mass is 346 g/mol. The molecule has 1 rings (SSSR count). The van der Waals surface area contributed by atoms with Gasteiger partial charge >= 0.3 is 0 Å². The Morgan fingerprint density at radius 2 is 1.79 bits per heavy atom. The second-order valence-electron chi connectivity index (χ2n) is 5.24. The first kappa shape index (κ1) is 16.4. The summed E-state index contributed by atoms with van der Waals surface area (Å²) in [4.78, 5) is 0. The molecule has 0 aromatic heterocycles. The third kappa shape index (κ3) is 5.07. The van der Waals surface area contributed by atoms with Crippen molar-refractivity contribution in [3.8, 4) is 0 Å². The van der Waals surface area contributed by atoms with Gasteiger partial charge in [0.05, 0.1) is 5.69 Å². The normalized spacial score (nSPS) is 11.2. The van der Waals surface area contributed by atoms with Gasteiger partial charge in [-0.15, -0.1) is 0 Å². The average Bonchev–Trinajstić information content (AvgIpc) is 2.29. The minimum atomic E-state index is -0.329. The van der Waals surface area contributed by atoms with Crippen molar-refractivity contribution in [2.45, 2.75) is 33.7 Å². The molecule has 0 amide bonds. The van der Waals surface area contributed by atoms with Crippen LogP contribution in [-0.4, -0.2) is 11.2 Å². The first-order valence-corrected chi connectivity index (χ1v) is 7.54. The number of benzene rings is 1. The molecule has 0 aliphatic heterocycles. The van der Waals surface area contributed by atoms with Gasteiger partial charge in [-0.2, -0.15) is 0 Å². The number of anilines is 1. The van der Waals surface area contributed by atoms with E-state index in [2.05, 4.69) is 54.3 Å². The van der Waals surface area contributed by atoms with Crippen LogP contribution in [0.2, 0.25) is 0 Å². The molecular weight excluding hydrogens is 327 g/mol. The second-order valence-corrected chi connectivity index (χ2v) is 6.56. The maximum atomic E-state index is 13.7. The van der Waals surface area contributed by atoms with Gasteiger partial charge in [-0.05, 0) is 42.3 Å². The van der Waals surface area contributed by atoms with E-state index < -0.39 is 0 Å². The fourth-order valence-corrected chi connectivity index (χ4v) is 2.58. The Balaban J connectivity index is 2.69. The van der Waals surface area contributed by atoms with E-state index in [9.17, 15) is 4.39 Å². The van der Waals surface area contributed by atoms with Crippen molar-refractivity contribution in [1.82, 2.24) is 5.32 Å². The van der Waals surface area contributed by atoms with Crippen LogP contribution in [0.25, 0.3) is 0 Å². The summed E-state index contributed by atoms with van der Waals surface area (Å²) in [6, 6.07) is 5.11. The van der Waals surface area contributed by atoms with Crippen LogP contribution in [0.4, 0.5) is 10.1 Å². The molecule has 0 aliphatic rings. The van der Waals surface area contributed by atoms with Crippen LogP contribution in [0.1, 0.15) is 27.7 Å². The molecule has 0 heterocycles. The molecule has 2 N–H and O–H groups in total. The van der Waals surface area contributed by atoms with Gasteiger partial charge in [-0.1, -0.05) is 43.6 Å². The van der Waals surface area contributed by atoms with Gasteiger partial charge in [-0.3, -0.25) is 0 Å². The molecule has 0 unspecified atom stereocenters. The highest BCUT2D eigenvalue weighted by Gasteiger charge is 2.18. The lowest BCUT2D eigenvalue weighted by Gasteiger charge is -2.27. The summed E-state index contributed by atoms with van der Waals surface area (Å²) in [5.74, 6) is 0.577. The number of nitrogens with one attached hydrogen (secondary N) is 2. The fourth-order valence-electron chi connectivity index (χ4n) is 2.00. The van der Waals surface area contributed by atoms with Crippen molar-refractivity contribution in [3.05, 3.63) is 28.5 Å². The van der Waals surface area contributed by atoms with E-state index in [4.69, 9.17) is 12.2 Å². The van der Waals surface area contributed by atoms with E-state index in [0.717, 1.165) is 0 Å². The van der Waals surface area contributed by atoms with Gasteiger partial charge in [-0.25, -0.2) is 4.39 Å². The number of rotatable bonds is 4. The Bertz CT molecular complexity index is 441. The van der Waals surface area contributed by atoms with Crippen molar-refractivity contribution in [2.75, 3.05) is 5.32 Å². The third-order valence-electron chi connectivity index (χ3n) is 2.91. The van der Waals surface area contributed by atoms with Crippen molar-refractivity contribution in [1.29, 1.82) is 0 Å². The van der Waals surface area contributed by atoms with Gasteiger partial charge < -0.3 is 10.6 Å². The molecule has 0 saturated carbocycles. The Morgan fingerprint density at radius 1 is 1.21 bits per heavy atom. The SMILES string of the molecule is CC(C)C(NC(=S)Nc1ccc(Br)cc1F)C(C)C. The predicted molar refractivity (Wildman–Crippen MR) is 86.9 cm³/mol. The first-order chi connectivity index (χ1) is 8.81. The largest absolute Gasteiger partial charge is 0.359 e. The molecule has 0 fully saturated rings. The molecule has 2 nitrogen and oxygen atoms in total. The van der Waals surface area contributed by atoms with Crippen LogP contribution < -0.4 is 10.6 Å². The van der Waals surface area contributed by atoms with Gasteiger partial charge in [0.1, 0.15) is 5.82 Å². The van der Waals surface area contributed by atoms with Gasteiger partial charge in [0.2, 0.25) is 0 Å². The van der Waals surface area contributed by atoms with E-state index in [0.29, 0.717) is 27.1 Å². The third-order valence-corrected chi connectivity index (χ3v) is 3.63. The summed E-state index contributed by atoms with van der Waals surface area (Å²) in [5, 5.41) is 6.60. The summed E-state index contributed by atoms with van der Waals surface area (Å²) in [6.07, 6.45) is 0. The van der Waals surface area contributed by atoms with Gasteiger partial charge in [0.15, 0.2) is 5.11 Å². The van der Waals surface area contributed by atoms with Gasteiger partial charge in [0, 0.05) is 10.5 Å². The number of halogens is 2. The van der Waals surface area contributed by atoms with E-state index in [1.54, 1.807) is 12.1 Å². The molecule has 0 spiro atoms. The Morgan fingerprint density at radius 3 is 2.26 bits per heavy atom. The zero-order valence-electron chi connectivity index (χ0n) is 11.6. The van der Waals surface area contributed by atoms with Crippen molar-refractivity contribution >= 4 is 38.9 Å². The molecule has 0 aliphatic carbocycles. The Kier molecular flexibility index (Phi) is 6.20. The number of hydrogen-bond donors (Lipinski definition) is 2. The van der Waals surface area contributed by atoms with E-state index in [-0.39, 0.29) is 11.9 Å². The molecule has 5 heteroatoms. The van der Waals surface area contributed by atoms with Crippen LogP contribution in [0, 0.1) is 17.7 Å². The molecule has 0 atom stereocenters.